The van der Waals surface area contributed by atoms with E-state index in [1.807, 2.05) is 6.92 Å². The maximum atomic E-state index is 13.5. The van der Waals surface area contributed by atoms with E-state index < -0.39 is 17.5 Å². The van der Waals surface area contributed by atoms with Gasteiger partial charge in [0.2, 0.25) is 5.91 Å². The van der Waals surface area contributed by atoms with Crippen LogP contribution in [0.3, 0.4) is 0 Å². The van der Waals surface area contributed by atoms with Crippen LogP contribution in [0.5, 0.6) is 6.01 Å². The molecular weight excluding hydrogens is 316 g/mol. The summed E-state index contributed by atoms with van der Waals surface area (Å²) in [6.07, 6.45) is 2.32. The second kappa shape index (κ2) is 7.63. The van der Waals surface area contributed by atoms with E-state index in [4.69, 9.17) is 4.74 Å². The molecule has 0 radical (unpaired) electrons. The molecule has 5 nitrogen and oxygen atoms in total. The van der Waals surface area contributed by atoms with Gasteiger partial charge in [-0.25, -0.2) is 8.78 Å². The number of anilines is 1. The van der Waals surface area contributed by atoms with Crippen LogP contribution in [0.1, 0.15) is 23.9 Å². The second-order valence-electron chi connectivity index (χ2n) is 4.97. The summed E-state index contributed by atoms with van der Waals surface area (Å²) in [6.45, 7) is 5.68. The maximum Gasteiger partial charge on any atom is 0.316 e. The van der Waals surface area contributed by atoms with Crippen LogP contribution in [0.4, 0.5) is 14.5 Å². The molecule has 24 heavy (non-hydrogen) atoms. The molecule has 1 amide bonds. The summed E-state index contributed by atoms with van der Waals surface area (Å²) in [6, 6.07) is 3.26. The number of hydrogen-bond acceptors (Lipinski definition) is 4. The van der Waals surface area contributed by atoms with Crippen molar-refractivity contribution < 1.29 is 18.3 Å². The molecule has 0 aliphatic rings. The largest absolute Gasteiger partial charge is 0.464 e. The average molecular weight is 333 g/mol. The quantitative estimate of drug-likeness (QED) is 0.852. The molecular formula is C17H17F2N3O2. The predicted octanol–water partition coefficient (Wildman–Crippen LogP) is 3.42. The van der Waals surface area contributed by atoms with Crippen molar-refractivity contribution in [3.63, 3.8) is 0 Å². The predicted molar refractivity (Wildman–Crippen MR) is 86.7 cm³/mol. The number of carbonyl (C=O) groups excluding carboxylic acids is 1. The normalized spacial score (nSPS) is 10.9. The summed E-state index contributed by atoms with van der Waals surface area (Å²) < 4.78 is 31.8. The van der Waals surface area contributed by atoms with Crippen molar-refractivity contribution in [3.8, 4) is 6.01 Å². The molecule has 0 saturated heterocycles. The molecule has 2 rings (SSSR count). The molecule has 0 atom stereocenters. The molecule has 0 fully saturated rings. The fourth-order valence-electron chi connectivity index (χ4n) is 2.03. The second-order valence-corrected chi connectivity index (χ2v) is 4.97. The first-order chi connectivity index (χ1) is 11.4. The minimum absolute atomic E-state index is 0.0125. The first kappa shape index (κ1) is 17.5. The third-order valence-corrected chi connectivity index (χ3v) is 3.14. The Morgan fingerprint density at radius 3 is 2.54 bits per heavy atom. The number of rotatable bonds is 5. The Labute approximate surface area is 138 Å². The molecule has 7 heteroatoms. The summed E-state index contributed by atoms with van der Waals surface area (Å²) in [5, 5.41) is 2.63. The average Bonchev–Trinajstić information content (AvgIpc) is 2.52. The zero-order chi connectivity index (χ0) is 17.7. The zero-order valence-corrected chi connectivity index (χ0v) is 13.6. The Bertz CT molecular complexity index is 768. The van der Waals surface area contributed by atoms with Crippen molar-refractivity contribution in [3.05, 3.63) is 52.9 Å². The number of amides is 1. The van der Waals surface area contributed by atoms with Gasteiger partial charge < -0.3 is 10.1 Å². The minimum Gasteiger partial charge on any atom is -0.464 e. The molecule has 1 aromatic heterocycles. The Kier molecular flexibility index (Phi) is 5.57. The van der Waals surface area contributed by atoms with Crippen molar-refractivity contribution in [1.29, 1.82) is 0 Å². The maximum absolute atomic E-state index is 13.5. The van der Waals surface area contributed by atoms with Crippen molar-refractivity contribution in [1.82, 2.24) is 9.97 Å². The number of hydrogen-bond donors (Lipinski definition) is 1. The Morgan fingerprint density at radius 2 is 1.92 bits per heavy atom. The molecule has 0 bridgehead atoms. The van der Waals surface area contributed by atoms with Crippen LogP contribution in [0, 0.1) is 25.5 Å². The van der Waals surface area contributed by atoms with E-state index >= 15 is 0 Å². The number of carbonyl (C=O) groups is 1. The standard InChI is InChI=1S/C17H17F2N3O2/c1-4-24-17-20-10(2)16(11(3)21-17)22-15(23)8-5-12-9-13(18)6-7-14(12)19/h5-9H,4H2,1-3H3,(H,22,23)/b8-5+. The molecule has 1 aromatic carbocycles. The highest BCUT2D eigenvalue weighted by Crippen LogP contribution is 2.19. The smallest absolute Gasteiger partial charge is 0.316 e. The molecule has 1 heterocycles. The number of benzene rings is 1. The van der Waals surface area contributed by atoms with E-state index in [0.29, 0.717) is 23.7 Å². The van der Waals surface area contributed by atoms with Gasteiger partial charge >= 0.3 is 6.01 Å². The lowest BCUT2D eigenvalue weighted by Crippen LogP contribution is -2.13. The van der Waals surface area contributed by atoms with Gasteiger partial charge in [0.1, 0.15) is 11.6 Å². The van der Waals surface area contributed by atoms with Crippen molar-refractivity contribution >= 4 is 17.7 Å². The van der Waals surface area contributed by atoms with Crippen LogP contribution >= 0.6 is 0 Å². The lowest BCUT2D eigenvalue weighted by atomic mass is 10.2. The topological polar surface area (TPSA) is 64.1 Å². The summed E-state index contributed by atoms with van der Waals surface area (Å²) in [5.41, 5.74) is 1.53. The van der Waals surface area contributed by atoms with Crippen LogP contribution in [-0.4, -0.2) is 22.5 Å². The van der Waals surface area contributed by atoms with Gasteiger partial charge in [0.05, 0.1) is 23.7 Å². The van der Waals surface area contributed by atoms with Gasteiger partial charge in [0, 0.05) is 11.6 Å². The van der Waals surface area contributed by atoms with E-state index in [9.17, 15) is 13.6 Å². The van der Waals surface area contributed by atoms with E-state index in [-0.39, 0.29) is 11.6 Å². The Morgan fingerprint density at radius 1 is 1.25 bits per heavy atom. The SMILES string of the molecule is CCOc1nc(C)c(NC(=O)/C=C/c2cc(F)ccc2F)c(C)n1. The Balaban J connectivity index is 2.15. The van der Waals surface area contributed by atoms with E-state index in [1.165, 1.54) is 6.08 Å². The van der Waals surface area contributed by atoms with Crippen molar-refractivity contribution in [2.24, 2.45) is 0 Å². The van der Waals surface area contributed by atoms with E-state index in [2.05, 4.69) is 15.3 Å². The lowest BCUT2D eigenvalue weighted by Gasteiger charge is -2.10. The van der Waals surface area contributed by atoms with Crippen molar-refractivity contribution in [2.75, 3.05) is 11.9 Å². The zero-order valence-electron chi connectivity index (χ0n) is 13.6. The number of aryl methyl sites for hydroxylation is 2. The van der Waals surface area contributed by atoms with Gasteiger partial charge in [-0.1, -0.05) is 0 Å². The van der Waals surface area contributed by atoms with Crippen molar-refractivity contribution in [2.45, 2.75) is 20.8 Å². The number of halogens is 2. The number of nitrogens with one attached hydrogen (secondary N) is 1. The van der Waals surface area contributed by atoms with Crippen LogP contribution in [0.25, 0.3) is 6.08 Å². The molecule has 0 spiro atoms. The number of nitrogens with zero attached hydrogens (tertiary/aromatic N) is 2. The van der Waals surface area contributed by atoms with E-state index in [1.54, 1.807) is 13.8 Å². The summed E-state index contributed by atoms with van der Waals surface area (Å²) in [5.74, 6) is -1.70. The Hall–Kier alpha value is -2.83. The molecule has 2 aromatic rings. The third-order valence-electron chi connectivity index (χ3n) is 3.14. The summed E-state index contributed by atoms with van der Waals surface area (Å²) in [7, 11) is 0. The van der Waals surface area contributed by atoms with Crippen LogP contribution in [0.15, 0.2) is 24.3 Å². The number of aromatic nitrogens is 2. The van der Waals surface area contributed by atoms with Gasteiger partial charge in [-0.15, -0.1) is 0 Å². The third kappa shape index (κ3) is 4.34. The lowest BCUT2D eigenvalue weighted by molar-refractivity contribution is -0.111. The highest BCUT2D eigenvalue weighted by atomic mass is 19.1. The van der Waals surface area contributed by atoms with Gasteiger partial charge in [0.25, 0.3) is 0 Å². The fraction of sp³-hybridized carbons (Fsp3) is 0.235. The molecule has 0 aliphatic carbocycles. The summed E-state index contributed by atoms with van der Waals surface area (Å²) in [4.78, 5) is 20.3. The summed E-state index contributed by atoms with van der Waals surface area (Å²) >= 11 is 0. The monoisotopic (exact) mass is 333 g/mol. The van der Waals surface area contributed by atoms with Crippen LogP contribution in [0.2, 0.25) is 0 Å². The van der Waals surface area contributed by atoms with Crippen LogP contribution < -0.4 is 10.1 Å². The molecule has 0 aliphatic heterocycles. The van der Waals surface area contributed by atoms with Crippen LogP contribution in [-0.2, 0) is 4.79 Å². The number of ether oxygens (including phenoxy) is 1. The highest BCUT2D eigenvalue weighted by molar-refractivity contribution is 6.02. The first-order valence-electron chi connectivity index (χ1n) is 7.33. The fourth-order valence-corrected chi connectivity index (χ4v) is 2.03. The van der Waals surface area contributed by atoms with Gasteiger partial charge in [-0.05, 0) is 45.0 Å². The van der Waals surface area contributed by atoms with Gasteiger partial charge in [-0.2, -0.15) is 9.97 Å². The molecule has 0 unspecified atom stereocenters. The highest BCUT2D eigenvalue weighted by Gasteiger charge is 2.11. The molecule has 0 saturated carbocycles. The first-order valence-corrected chi connectivity index (χ1v) is 7.33. The molecule has 126 valence electrons. The molecule has 1 N–H and O–H groups in total. The van der Waals surface area contributed by atoms with Gasteiger partial charge in [-0.3, -0.25) is 4.79 Å². The minimum atomic E-state index is -0.614. The van der Waals surface area contributed by atoms with Gasteiger partial charge in [0.15, 0.2) is 0 Å². The van der Waals surface area contributed by atoms with E-state index in [0.717, 1.165) is 24.3 Å².